The van der Waals surface area contributed by atoms with Gasteiger partial charge >= 0.3 is 0 Å². The van der Waals surface area contributed by atoms with Crippen molar-refractivity contribution in [3.05, 3.63) is 72.6 Å². The third-order valence-electron chi connectivity index (χ3n) is 3.87. The minimum Gasteiger partial charge on any atom is -0.342 e. The summed E-state index contributed by atoms with van der Waals surface area (Å²) in [5.74, 6) is 0.0315. The molecule has 24 heavy (non-hydrogen) atoms. The molecule has 1 aromatic carbocycles. The molecule has 6 nitrogen and oxygen atoms in total. The lowest BCUT2D eigenvalue weighted by Crippen LogP contribution is -2.23. The number of benzene rings is 1. The Labute approximate surface area is 139 Å². The van der Waals surface area contributed by atoms with Crippen molar-refractivity contribution in [2.45, 2.75) is 13.0 Å². The van der Waals surface area contributed by atoms with Gasteiger partial charge in [-0.05, 0) is 31.2 Å². The van der Waals surface area contributed by atoms with E-state index in [2.05, 4.69) is 10.3 Å². The van der Waals surface area contributed by atoms with E-state index >= 15 is 0 Å². The van der Waals surface area contributed by atoms with Crippen LogP contribution in [-0.2, 0) is 11.8 Å². The Morgan fingerprint density at radius 1 is 1.12 bits per heavy atom. The Morgan fingerprint density at radius 2 is 1.88 bits per heavy atom. The van der Waals surface area contributed by atoms with Gasteiger partial charge in [0, 0.05) is 43.1 Å². The Kier molecular flexibility index (Phi) is 4.29. The molecule has 0 radical (unpaired) electrons. The van der Waals surface area contributed by atoms with Crippen LogP contribution in [0.4, 0.5) is 5.69 Å². The van der Waals surface area contributed by atoms with Crippen molar-refractivity contribution in [1.82, 2.24) is 14.1 Å². The number of carbonyl (C=O) groups is 2. The van der Waals surface area contributed by atoms with Gasteiger partial charge in [-0.3, -0.25) is 9.59 Å². The molecule has 0 saturated heterocycles. The molecule has 1 amide bonds. The number of aryl methyl sites for hydroxylation is 1. The highest BCUT2D eigenvalue weighted by molar-refractivity contribution is 6.07. The van der Waals surface area contributed by atoms with Crippen LogP contribution < -0.4 is 5.32 Å². The smallest absolute Gasteiger partial charge is 0.247 e. The number of anilines is 1. The summed E-state index contributed by atoms with van der Waals surface area (Å²) in [5, 5.41) is 2.85. The molecule has 2 heterocycles. The summed E-state index contributed by atoms with van der Waals surface area (Å²) in [5.41, 5.74) is 1.06. The molecule has 0 spiro atoms. The summed E-state index contributed by atoms with van der Waals surface area (Å²) in [6.45, 7) is 1.82. The van der Waals surface area contributed by atoms with E-state index in [4.69, 9.17) is 0 Å². The summed E-state index contributed by atoms with van der Waals surface area (Å²) in [6.07, 6.45) is 6.98. The van der Waals surface area contributed by atoms with Gasteiger partial charge in [0.1, 0.15) is 6.04 Å². The maximum Gasteiger partial charge on any atom is 0.247 e. The molecule has 2 aromatic heterocycles. The molecule has 0 saturated carbocycles. The Balaban J connectivity index is 1.77. The van der Waals surface area contributed by atoms with Crippen LogP contribution in [0.2, 0.25) is 0 Å². The number of aromatic nitrogens is 3. The topological polar surface area (TPSA) is 68.9 Å². The number of hydrogen-bond acceptors (Lipinski definition) is 3. The van der Waals surface area contributed by atoms with Crippen LogP contribution >= 0.6 is 0 Å². The predicted molar refractivity (Wildman–Crippen MR) is 90.9 cm³/mol. The van der Waals surface area contributed by atoms with Crippen molar-refractivity contribution in [1.29, 1.82) is 0 Å². The fourth-order valence-electron chi connectivity index (χ4n) is 2.44. The first kappa shape index (κ1) is 15.7. The van der Waals surface area contributed by atoms with Gasteiger partial charge in [0.25, 0.3) is 0 Å². The van der Waals surface area contributed by atoms with Crippen LogP contribution in [-0.4, -0.2) is 25.8 Å². The first-order valence-corrected chi connectivity index (χ1v) is 7.61. The lowest BCUT2D eigenvalue weighted by Gasteiger charge is -2.14. The van der Waals surface area contributed by atoms with E-state index in [-0.39, 0.29) is 17.7 Å². The number of nitrogens with one attached hydrogen (secondary N) is 1. The minimum absolute atomic E-state index is 0.146. The normalized spacial score (nSPS) is 11.9. The van der Waals surface area contributed by atoms with Crippen molar-refractivity contribution in [2.75, 3.05) is 5.32 Å². The van der Waals surface area contributed by atoms with Gasteiger partial charge in [-0.2, -0.15) is 0 Å². The van der Waals surface area contributed by atoms with Gasteiger partial charge in [-0.1, -0.05) is 12.1 Å². The predicted octanol–water partition coefficient (Wildman–Crippen LogP) is 2.65. The highest BCUT2D eigenvalue weighted by atomic mass is 16.2. The van der Waals surface area contributed by atoms with E-state index in [1.54, 1.807) is 48.3 Å². The maximum atomic E-state index is 12.5. The zero-order chi connectivity index (χ0) is 17.1. The molecule has 0 bridgehead atoms. The van der Waals surface area contributed by atoms with E-state index in [1.165, 1.54) is 0 Å². The maximum absolute atomic E-state index is 12.5. The van der Waals surface area contributed by atoms with Gasteiger partial charge in [0.2, 0.25) is 11.7 Å². The number of carbonyl (C=O) groups excluding carboxylic acids is 2. The van der Waals surface area contributed by atoms with E-state index in [0.717, 1.165) is 0 Å². The van der Waals surface area contributed by atoms with Crippen LogP contribution in [0, 0.1) is 0 Å². The van der Waals surface area contributed by atoms with Gasteiger partial charge in [-0.15, -0.1) is 0 Å². The number of rotatable bonds is 5. The molecule has 0 aliphatic rings. The van der Waals surface area contributed by atoms with Crippen molar-refractivity contribution in [3.63, 3.8) is 0 Å². The number of imidazole rings is 1. The van der Waals surface area contributed by atoms with Crippen LogP contribution in [0.25, 0.3) is 0 Å². The van der Waals surface area contributed by atoms with Crippen LogP contribution in [0.1, 0.15) is 29.1 Å². The molecule has 3 rings (SSSR count). The number of nitrogens with zero attached hydrogens (tertiary/aromatic N) is 3. The number of amides is 1. The summed E-state index contributed by atoms with van der Waals surface area (Å²) in [6, 6.07) is 10.3. The molecule has 1 N–H and O–H groups in total. The SMILES string of the molecule is CC(C(=O)Nc1cccc(C(=O)c2nccn2C)c1)n1cccc1. The summed E-state index contributed by atoms with van der Waals surface area (Å²) >= 11 is 0. The average Bonchev–Trinajstić information content (AvgIpc) is 3.25. The van der Waals surface area contributed by atoms with Crippen molar-refractivity contribution in [2.24, 2.45) is 7.05 Å². The van der Waals surface area contributed by atoms with Crippen molar-refractivity contribution >= 4 is 17.4 Å². The van der Waals surface area contributed by atoms with E-state index in [9.17, 15) is 9.59 Å². The zero-order valence-electron chi connectivity index (χ0n) is 13.5. The fourth-order valence-corrected chi connectivity index (χ4v) is 2.44. The van der Waals surface area contributed by atoms with Gasteiger partial charge < -0.3 is 14.5 Å². The molecule has 3 aromatic rings. The highest BCUT2D eigenvalue weighted by Gasteiger charge is 2.16. The summed E-state index contributed by atoms with van der Waals surface area (Å²) in [4.78, 5) is 28.9. The largest absolute Gasteiger partial charge is 0.342 e. The van der Waals surface area contributed by atoms with Gasteiger partial charge in [0.05, 0.1) is 0 Å². The fraction of sp³-hybridized carbons (Fsp3) is 0.167. The first-order valence-electron chi connectivity index (χ1n) is 7.61. The van der Waals surface area contributed by atoms with Crippen molar-refractivity contribution in [3.8, 4) is 0 Å². The second kappa shape index (κ2) is 6.54. The standard InChI is InChI=1S/C18H18N4O2/c1-13(22-9-3-4-10-22)18(24)20-15-7-5-6-14(12-15)16(23)17-19-8-11-21(17)2/h3-13H,1-2H3,(H,20,24). The van der Waals surface area contributed by atoms with Crippen molar-refractivity contribution < 1.29 is 9.59 Å². The number of hydrogen-bond donors (Lipinski definition) is 1. The number of ketones is 1. The quantitative estimate of drug-likeness (QED) is 0.734. The zero-order valence-corrected chi connectivity index (χ0v) is 13.5. The molecule has 1 unspecified atom stereocenters. The minimum atomic E-state index is -0.339. The van der Waals surface area contributed by atoms with E-state index in [0.29, 0.717) is 17.1 Å². The summed E-state index contributed by atoms with van der Waals surface area (Å²) < 4.78 is 3.49. The molecular weight excluding hydrogens is 304 g/mol. The third-order valence-corrected chi connectivity index (χ3v) is 3.87. The van der Waals surface area contributed by atoms with Gasteiger partial charge in [-0.25, -0.2) is 4.98 Å². The Hall–Kier alpha value is -3.15. The van der Waals surface area contributed by atoms with Crippen LogP contribution in [0.5, 0.6) is 0 Å². The first-order chi connectivity index (χ1) is 11.6. The lowest BCUT2D eigenvalue weighted by atomic mass is 10.1. The molecule has 1 atom stereocenters. The molecule has 0 aliphatic carbocycles. The van der Waals surface area contributed by atoms with Crippen LogP contribution in [0.3, 0.4) is 0 Å². The third kappa shape index (κ3) is 3.12. The molecule has 122 valence electrons. The average molecular weight is 322 g/mol. The second-order valence-corrected chi connectivity index (χ2v) is 5.57. The second-order valence-electron chi connectivity index (χ2n) is 5.57. The Morgan fingerprint density at radius 3 is 2.54 bits per heavy atom. The van der Waals surface area contributed by atoms with Crippen LogP contribution in [0.15, 0.2) is 61.2 Å². The molecule has 0 fully saturated rings. The molecular formula is C18H18N4O2. The van der Waals surface area contributed by atoms with Gasteiger partial charge in [0.15, 0.2) is 5.82 Å². The highest BCUT2D eigenvalue weighted by Crippen LogP contribution is 2.16. The molecule has 6 heteroatoms. The van der Waals surface area contributed by atoms with E-state index < -0.39 is 0 Å². The Bertz CT molecular complexity index is 865. The summed E-state index contributed by atoms with van der Waals surface area (Å²) in [7, 11) is 1.77. The van der Waals surface area contributed by atoms with E-state index in [1.807, 2.05) is 36.0 Å². The lowest BCUT2D eigenvalue weighted by molar-refractivity contribution is -0.118. The molecule has 0 aliphatic heterocycles. The monoisotopic (exact) mass is 322 g/mol.